The van der Waals surface area contributed by atoms with Crippen LogP contribution in [0.1, 0.15) is 149 Å². The second-order valence-electron chi connectivity index (χ2n) is 28.4. The summed E-state index contributed by atoms with van der Waals surface area (Å²) in [5.74, 6) is -6.09. The van der Waals surface area contributed by atoms with Crippen molar-refractivity contribution in [2.24, 2.45) is 0 Å². The zero-order chi connectivity index (χ0) is 80.9. The van der Waals surface area contributed by atoms with Crippen LogP contribution in [0, 0.1) is 17.5 Å². The number of para-hydroxylation sites is 3. The Labute approximate surface area is 721 Å². The number of hydrogen-bond acceptors (Lipinski definition) is 14. The number of aliphatic hydroxyl groups is 6. The topological polar surface area (TPSA) is 315 Å². The first-order valence-corrected chi connectivity index (χ1v) is 37.2. The molecule has 11 aromatic rings. The first-order valence-electron chi connectivity index (χ1n) is 37.2. The largest absolute Gasteiger partial charge is 2.00 e. The third kappa shape index (κ3) is 25.0. The number of nitrogens with zero attached hydrogens (tertiary/aromatic N) is 3. The molecule has 0 spiro atoms. The van der Waals surface area contributed by atoms with Crippen molar-refractivity contribution in [1.29, 1.82) is 0 Å². The van der Waals surface area contributed by atoms with Crippen molar-refractivity contribution in [3.05, 3.63) is 270 Å². The molecule has 19 nitrogen and oxygen atoms in total. The first kappa shape index (κ1) is 92.2. The predicted molar refractivity (Wildman–Crippen MR) is 434 cm³/mol. The molecule has 3 heterocycles. The Hall–Kier alpha value is -8.98. The third-order valence-corrected chi connectivity index (χ3v) is 18.8. The zero-order valence-electron chi connectivity index (χ0n) is 64.5. The second kappa shape index (κ2) is 44.2. The minimum atomic E-state index is -1.39. The van der Waals surface area contributed by atoms with Crippen molar-refractivity contribution in [3.8, 4) is 55.9 Å². The van der Waals surface area contributed by atoms with Crippen LogP contribution in [0.2, 0.25) is 0 Å². The number of anilines is 2. The van der Waals surface area contributed by atoms with Gasteiger partial charge in [0.25, 0.3) is 11.8 Å². The average molecular weight is 1610 g/mol. The van der Waals surface area contributed by atoms with E-state index in [2.05, 4.69) is 29.0 Å². The summed E-state index contributed by atoms with van der Waals surface area (Å²) >= 11 is 0. The molecule has 6 atom stereocenters. The van der Waals surface area contributed by atoms with Gasteiger partial charge in [-0.1, -0.05) is 161 Å². The molecule has 0 unspecified atom stereocenters. The van der Waals surface area contributed by atoms with E-state index in [9.17, 15) is 83.1 Å². The molecular formula is C90H93Ca2F3N5O14. The molecule has 11 rings (SSSR count). The van der Waals surface area contributed by atoms with E-state index in [4.69, 9.17) is 0 Å². The van der Waals surface area contributed by atoms with E-state index in [0.717, 1.165) is 50.2 Å². The fourth-order valence-electron chi connectivity index (χ4n) is 14.1. The number of aliphatic hydroxyl groups excluding tert-OH is 6. The van der Waals surface area contributed by atoms with Crippen LogP contribution >= 0.6 is 0 Å². The monoisotopic (exact) mass is 1600 g/mol. The number of halogens is 3. The second-order valence-corrected chi connectivity index (χ2v) is 28.4. The molecule has 0 aliphatic rings. The zero-order valence-corrected chi connectivity index (χ0v) is 69.0. The Bertz CT molecular complexity index is 4760. The standard InChI is InChI=1S/2C33H35FN2O5.C24H26FNO4.2Ca/c2*1-21(2)31-30(33(41)35-25-11-7-4-8-12-25)29(22-9-5-3-6-10-22)32(23-13-15-24(34)16-14-23)36(31)18-17-26(37)19-27(38)20-28(39)40;1-15(2)26-21-6-4-3-5-20(21)24(16-7-9-17(25)10-8-16)22(26)12-11-18(27)13-19(28)14-23(29)30;;/h2*3-16,21,26-27,37-38H,17-20H2,1-2H3,(H,35,41)(H,39,40);3-12,15,18-19,27-28H,13-14H2,1-2H3,(H,29,30);;/q;;;+1;+2/p-3/b;;12-11+;;/t2*26-,27-;18-,19-;;/m110../s1. The summed E-state index contributed by atoms with van der Waals surface area (Å²) in [6.45, 7) is 12.6. The first-order chi connectivity index (χ1) is 53.6. The van der Waals surface area contributed by atoms with Gasteiger partial charge in [0.15, 0.2) is 0 Å². The summed E-state index contributed by atoms with van der Waals surface area (Å²) in [5.41, 5.74) is 13.0. The van der Waals surface area contributed by atoms with E-state index in [0.29, 0.717) is 56.1 Å². The van der Waals surface area contributed by atoms with E-state index >= 15 is 0 Å². The molecular weight excluding hydrogens is 1510 g/mol. The number of benzene rings is 8. The maximum absolute atomic E-state index is 14.0. The molecule has 0 aliphatic carbocycles. The number of carbonyl (C=O) groups excluding carboxylic acids is 5. The molecule has 114 heavy (non-hydrogen) atoms. The number of carbonyl (C=O) groups is 5. The number of amides is 2. The van der Waals surface area contributed by atoms with Crippen LogP contribution in [-0.2, 0) is 27.5 Å². The Morgan fingerprint density at radius 1 is 0.412 bits per heavy atom. The fraction of sp³-hybridized carbons (Fsp3) is 0.278. The van der Waals surface area contributed by atoms with Crippen LogP contribution in [0.3, 0.4) is 0 Å². The van der Waals surface area contributed by atoms with Crippen molar-refractivity contribution in [2.45, 2.75) is 160 Å². The number of carboxylic acid groups (broad SMARTS) is 3. The summed E-state index contributed by atoms with van der Waals surface area (Å²) in [6, 6.07) is 63.7. The average Bonchev–Trinajstić information content (AvgIpc) is 1.60. The molecule has 24 heteroatoms. The normalized spacial score (nSPS) is 12.8. The van der Waals surface area contributed by atoms with Crippen LogP contribution in [0.25, 0.3) is 72.9 Å². The third-order valence-electron chi connectivity index (χ3n) is 18.8. The summed E-state index contributed by atoms with van der Waals surface area (Å²) < 4.78 is 47.6. The Morgan fingerprint density at radius 3 is 1.09 bits per heavy atom. The maximum Gasteiger partial charge on any atom is 2.00 e. The summed E-state index contributed by atoms with van der Waals surface area (Å²) in [6.07, 6.45) is -5.09. The van der Waals surface area contributed by atoms with E-state index in [-0.39, 0.29) is 156 Å². The fourth-order valence-corrected chi connectivity index (χ4v) is 14.1. The van der Waals surface area contributed by atoms with Gasteiger partial charge in [0.2, 0.25) is 0 Å². The van der Waals surface area contributed by atoms with Crippen molar-refractivity contribution in [2.75, 3.05) is 10.6 Å². The summed E-state index contributed by atoms with van der Waals surface area (Å²) in [5, 5.41) is 101. The van der Waals surface area contributed by atoms with Gasteiger partial charge in [0, 0.05) is 119 Å². The van der Waals surface area contributed by atoms with Crippen molar-refractivity contribution >= 4 is 134 Å². The van der Waals surface area contributed by atoms with Crippen LogP contribution < -0.4 is 26.0 Å². The molecule has 0 aliphatic heterocycles. The summed E-state index contributed by atoms with van der Waals surface area (Å²) in [4.78, 5) is 60.4. The molecule has 0 bridgehead atoms. The van der Waals surface area contributed by atoms with E-state index < -0.39 is 85.4 Å². The number of fused-ring (bicyclic) bond motifs is 1. The van der Waals surface area contributed by atoms with Crippen molar-refractivity contribution in [3.63, 3.8) is 0 Å². The van der Waals surface area contributed by atoms with E-state index in [1.165, 1.54) is 36.4 Å². The molecule has 1 radical (unpaired) electrons. The van der Waals surface area contributed by atoms with Gasteiger partial charge in [-0.05, 0) is 176 Å². The van der Waals surface area contributed by atoms with Gasteiger partial charge in [-0.15, -0.1) is 0 Å². The molecule has 8 aromatic carbocycles. The molecule has 2 amide bonds. The smallest absolute Gasteiger partial charge is 0.550 e. The SMILES string of the molecule is CC(C)c1c(C(=O)Nc2ccccc2)c(-c2ccccc2)c(-c2ccc(F)cc2)n1CC[C@@H](O)C[C@@H](O)CC(=O)[O-].CC(C)c1c(C(=O)Nc2ccccc2)c(-c2ccccc2)c(-c2ccc(F)cc2)n1CC[C@@H](O)C[C@@H](O)CC(=O)[O-].CC(C)n1c(/C=C/[C@H](O)C[C@H](O)CC(=O)[O-])c(-c2ccc(F)cc2)c2ccccc21.[Ca+2].[Ca+]. The van der Waals surface area contributed by atoms with Crippen LogP contribution in [0.15, 0.2) is 224 Å². The van der Waals surface area contributed by atoms with Gasteiger partial charge in [0.05, 0.1) is 59.1 Å². The number of nitrogens with one attached hydrogen (secondary N) is 2. The van der Waals surface area contributed by atoms with Crippen molar-refractivity contribution in [1.82, 2.24) is 13.7 Å². The Kier molecular flexibility index (Phi) is 35.8. The van der Waals surface area contributed by atoms with Gasteiger partial charge in [-0.25, -0.2) is 13.2 Å². The van der Waals surface area contributed by atoms with E-state index in [1.807, 2.05) is 158 Å². The van der Waals surface area contributed by atoms with Gasteiger partial charge < -0.3 is 84.7 Å². The van der Waals surface area contributed by atoms with Gasteiger partial charge >= 0.3 is 75.5 Å². The molecule has 0 saturated carbocycles. The number of rotatable bonds is 32. The van der Waals surface area contributed by atoms with Gasteiger partial charge in [0.1, 0.15) is 17.5 Å². The predicted octanol–water partition coefficient (Wildman–Crippen LogP) is 12.5. The number of aliphatic carboxylic acids is 3. The molecule has 587 valence electrons. The van der Waals surface area contributed by atoms with Gasteiger partial charge in [-0.3, -0.25) is 9.59 Å². The number of aromatic nitrogens is 3. The van der Waals surface area contributed by atoms with Crippen LogP contribution in [-0.4, -0.2) is 186 Å². The molecule has 8 N–H and O–H groups in total. The minimum absolute atomic E-state index is 0. The van der Waals surface area contributed by atoms with E-state index in [1.54, 1.807) is 72.8 Å². The minimum Gasteiger partial charge on any atom is -0.550 e. The Morgan fingerprint density at radius 2 is 0.737 bits per heavy atom. The molecule has 0 fully saturated rings. The van der Waals surface area contributed by atoms with Crippen LogP contribution in [0.4, 0.5) is 24.5 Å². The maximum atomic E-state index is 14.0. The molecule has 3 aromatic heterocycles. The quantitative estimate of drug-likeness (QED) is 0.0182. The van der Waals surface area contributed by atoms with Crippen LogP contribution in [0.5, 0.6) is 0 Å². The van der Waals surface area contributed by atoms with Crippen molar-refractivity contribution < 1.29 is 83.1 Å². The Balaban J connectivity index is 0.000000238. The van der Waals surface area contributed by atoms with Gasteiger partial charge in [-0.2, -0.15) is 0 Å². The molecule has 0 saturated heterocycles. The number of carboxylic acids is 3. The summed E-state index contributed by atoms with van der Waals surface area (Å²) in [7, 11) is 0. The number of hydrogen-bond donors (Lipinski definition) is 8.